The van der Waals surface area contributed by atoms with Crippen molar-refractivity contribution < 1.29 is 39.5 Å². The van der Waals surface area contributed by atoms with Gasteiger partial charge in [-0.05, 0) is 18.6 Å². The van der Waals surface area contributed by atoms with Crippen LogP contribution in [-0.2, 0) is 0 Å². The molecule has 0 heterocycles. The fourth-order valence-corrected chi connectivity index (χ4v) is 1.58. The smallest absolute Gasteiger partial charge is 0.505 e. The van der Waals surface area contributed by atoms with Crippen LogP contribution in [0.25, 0.3) is 0 Å². The summed E-state index contributed by atoms with van der Waals surface area (Å²) in [4.78, 5) is 11.5. The third kappa shape index (κ3) is 3.97. The number of phenols is 1. The second-order valence-electron chi connectivity index (χ2n) is 2.96. The van der Waals surface area contributed by atoms with Gasteiger partial charge in [0.15, 0.2) is 11.5 Å². The van der Waals surface area contributed by atoms with Gasteiger partial charge in [0.2, 0.25) is 0 Å². The molecule has 0 unspecified atom stereocenters. The first kappa shape index (κ1) is 15.3. The summed E-state index contributed by atoms with van der Waals surface area (Å²) in [5, 5.41) is 9.48. The molecule has 1 rings (SSSR count). The summed E-state index contributed by atoms with van der Waals surface area (Å²) in [6.07, 6.45) is 1.23. The standard InChI is InChI=1S/C10H10Cl2O2.Na/c1-2-3-9(13)6-4-7(11)10(14)8(12)5-6;/h4-5,14H,2-3H2,1H3;/q;+1. The maximum Gasteiger partial charge on any atom is 1.00 e. The number of aromatic hydroxyl groups is 1. The van der Waals surface area contributed by atoms with Crippen LogP contribution >= 0.6 is 23.2 Å². The topological polar surface area (TPSA) is 37.3 Å². The maximum atomic E-state index is 11.5. The molecule has 15 heavy (non-hydrogen) atoms. The minimum atomic E-state index is -0.179. The van der Waals surface area contributed by atoms with Crippen LogP contribution in [0.3, 0.4) is 0 Å². The van der Waals surface area contributed by atoms with E-state index >= 15 is 0 Å². The van der Waals surface area contributed by atoms with Crippen LogP contribution in [0.2, 0.25) is 10.0 Å². The van der Waals surface area contributed by atoms with Crippen molar-refractivity contribution in [1.29, 1.82) is 0 Å². The Labute approximate surface area is 121 Å². The summed E-state index contributed by atoms with van der Waals surface area (Å²) in [5.41, 5.74) is 0.444. The van der Waals surface area contributed by atoms with Gasteiger partial charge < -0.3 is 5.11 Å². The normalized spacial score (nSPS) is 9.53. The predicted octanol–water partition coefficient (Wildman–Crippen LogP) is 0.686. The van der Waals surface area contributed by atoms with Gasteiger partial charge >= 0.3 is 29.6 Å². The summed E-state index contributed by atoms with van der Waals surface area (Å²) >= 11 is 11.4. The monoisotopic (exact) mass is 255 g/mol. The minimum Gasteiger partial charge on any atom is -0.505 e. The summed E-state index contributed by atoms with van der Waals surface area (Å²) in [6.45, 7) is 1.92. The van der Waals surface area contributed by atoms with E-state index in [1.54, 1.807) is 0 Å². The van der Waals surface area contributed by atoms with Crippen LogP contribution in [-0.4, -0.2) is 10.9 Å². The Morgan fingerprint density at radius 2 is 1.80 bits per heavy atom. The summed E-state index contributed by atoms with van der Waals surface area (Å²) in [5.74, 6) is -0.197. The summed E-state index contributed by atoms with van der Waals surface area (Å²) in [7, 11) is 0. The number of hydrogen-bond donors (Lipinski definition) is 1. The molecule has 0 radical (unpaired) electrons. The number of halogens is 2. The van der Waals surface area contributed by atoms with Crippen LogP contribution < -0.4 is 29.6 Å². The zero-order valence-electron chi connectivity index (χ0n) is 8.68. The maximum absolute atomic E-state index is 11.5. The summed E-state index contributed by atoms with van der Waals surface area (Å²) < 4.78 is 0. The molecule has 0 aromatic heterocycles. The average Bonchev–Trinajstić information content (AvgIpc) is 2.13. The molecule has 1 aromatic carbocycles. The van der Waals surface area contributed by atoms with Crippen LogP contribution in [0.1, 0.15) is 30.1 Å². The van der Waals surface area contributed by atoms with Gasteiger partial charge in [0.1, 0.15) is 0 Å². The molecule has 0 aliphatic carbocycles. The number of rotatable bonds is 3. The molecule has 0 atom stereocenters. The Kier molecular flexibility index (Phi) is 6.89. The van der Waals surface area contributed by atoms with Crippen LogP contribution in [0.4, 0.5) is 0 Å². The van der Waals surface area contributed by atoms with E-state index in [1.807, 2.05) is 6.92 Å². The SMILES string of the molecule is CCCC(=O)c1cc(Cl)c(O)c(Cl)c1.[Na+]. The second kappa shape index (κ2) is 6.77. The molecule has 76 valence electrons. The Morgan fingerprint density at radius 3 is 2.20 bits per heavy atom. The molecule has 0 aliphatic rings. The van der Waals surface area contributed by atoms with E-state index in [2.05, 4.69) is 0 Å². The Balaban J connectivity index is 0.00000196. The first-order chi connectivity index (χ1) is 6.56. The van der Waals surface area contributed by atoms with Crippen molar-refractivity contribution in [2.75, 3.05) is 0 Å². The number of Topliss-reactive ketones (excluding diaryl/α,β-unsaturated/α-hetero) is 1. The van der Waals surface area contributed by atoms with Gasteiger partial charge in [-0.1, -0.05) is 30.1 Å². The van der Waals surface area contributed by atoms with Crippen molar-refractivity contribution in [3.8, 4) is 5.75 Å². The molecule has 0 saturated heterocycles. The second-order valence-corrected chi connectivity index (χ2v) is 3.78. The van der Waals surface area contributed by atoms with Gasteiger partial charge in [-0.15, -0.1) is 0 Å². The summed E-state index contributed by atoms with van der Waals surface area (Å²) in [6, 6.07) is 2.86. The molecule has 5 heteroatoms. The quantitative estimate of drug-likeness (QED) is 0.638. The molecule has 0 spiro atoms. The first-order valence-electron chi connectivity index (χ1n) is 4.27. The Hall–Kier alpha value is 0.270. The molecule has 0 bridgehead atoms. The number of phenolic OH excluding ortho intramolecular Hbond substituents is 1. The van der Waals surface area contributed by atoms with E-state index in [9.17, 15) is 9.90 Å². The fraction of sp³-hybridized carbons (Fsp3) is 0.300. The van der Waals surface area contributed by atoms with E-state index in [0.29, 0.717) is 12.0 Å². The predicted molar refractivity (Wildman–Crippen MR) is 57.4 cm³/mol. The number of benzene rings is 1. The number of ketones is 1. The average molecular weight is 256 g/mol. The van der Waals surface area contributed by atoms with Crippen molar-refractivity contribution in [2.24, 2.45) is 0 Å². The van der Waals surface area contributed by atoms with Gasteiger partial charge in [0, 0.05) is 12.0 Å². The Bertz CT molecular complexity index is 343. The molecule has 0 amide bonds. The van der Waals surface area contributed by atoms with E-state index in [1.165, 1.54) is 12.1 Å². The molecular weight excluding hydrogens is 246 g/mol. The van der Waals surface area contributed by atoms with Crippen LogP contribution in [0, 0.1) is 0 Å². The zero-order chi connectivity index (χ0) is 10.7. The van der Waals surface area contributed by atoms with Crippen LogP contribution in [0.5, 0.6) is 5.75 Å². The van der Waals surface area contributed by atoms with Crippen molar-refractivity contribution in [3.63, 3.8) is 0 Å². The van der Waals surface area contributed by atoms with Gasteiger partial charge in [0.05, 0.1) is 10.0 Å². The largest absolute Gasteiger partial charge is 1.00 e. The molecular formula is C10H10Cl2NaO2+. The van der Waals surface area contributed by atoms with E-state index in [4.69, 9.17) is 23.2 Å². The Morgan fingerprint density at radius 1 is 1.33 bits per heavy atom. The van der Waals surface area contributed by atoms with E-state index in [-0.39, 0.29) is 51.1 Å². The third-order valence-corrected chi connectivity index (χ3v) is 2.39. The third-order valence-electron chi connectivity index (χ3n) is 1.82. The van der Waals surface area contributed by atoms with Crippen molar-refractivity contribution >= 4 is 29.0 Å². The fourth-order valence-electron chi connectivity index (χ4n) is 1.10. The number of carbonyl (C=O) groups is 1. The first-order valence-corrected chi connectivity index (χ1v) is 5.03. The van der Waals surface area contributed by atoms with Crippen molar-refractivity contribution in [2.45, 2.75) is 19.8 Å². The van der Waals surface area contributed by atoms with Crippen molar-refractivity contribution in [1.82, 2.24) is 0 Å². The van der Waals surface area contributed by atoms with Gasteiger partial charge in [-0.25, -0.2) is 0 Å². The zero-order valence-corrected chi connectivity index (χ0v) is 12.2. The molecule has 0 aliphatic heterocycles. The number of carbonyl (C=O) groups excluding carboxylic acids is 1. The van der Waals surface area contributed by atoms with E-state index < -0.39 is 0 Å². The molecule has 1 N–H and O–H groups in total. The van der Waals surface area contributed by atoms with Crippen LogP contribution in [0.15, 0.2) is 12.1 Å². The molecule has 1 aromatic rings. The molecule has 2 nitrogen and oxygen atoms in total. The van der Waals surface area contributed by atoms with E-state index in [0.717, 1.165) is 6.42 Å². The van der Waals surface area contributed by atoms with Gasteiger partial charge in [-0.2, -0.15) is 0 Å². The van der Waals surface area contributed by atoms with Gasteiger partial charge in [-0.3, -0.25) is 4.79 Å². The molecule has 0 fully saturated rings. The van der Waals surface area contributed by atoms with Crippen molar-refractivity contribution in [3.05, 3.63) is 27.7 Å². The minimum absolute atomic E-state index is 0. The number of hydrogen-bond acceptors (Lipinski definition) is 2. The van der Waals surface area contributed by atoms with Gasteiger partial charge in [0.25, 0.3) is 0 Å². The molecule has 0 saturated carbocycles.